The zero-order valence-electron chi connectivity index (χ0n) is 21.7. The molecule has 3 rings (SSSR count). The summed E-state index contributed by atoms with van der Waals surface area (Å²) in [6, 6.07) is 14.5. The smallest absolute Gasteiger partial charge is 0.251 e. The topological polar surface area (TPSA) is 98.1 Å². The second kappa shape index (κ2) is 12.6. The van der Waals surface area contributed by atoms with E-state index in [1.54, 1.807) is 31.4 Å². The van der Waals surface area contributed by atoms with Crippen LogP contribution >= 0.6 is 11.8 Å². The van der Waals surface area contributed by atoms with Crippen molar-refractivity contribution in [2.45, 2.75) is 58.3 Å². The Morgan fingerprint density at radius 1 is 1.03 bits per heavy atom. The molecule has 0 fully saturated rings. The number of carbonyl (C=O) groups is 2. The quantitative estimate of drug-likeness (QED) is 0.341. The highest BCUT2D eigenvalue weighted by Crippen LogP contribution is 2.27. The minimum Gasteiger partial charge on any atom is -0.497 e. The third-order valence-electron chi connectivity index (χ3n) is 5.83. The Morgan fingerprint density at radius 3 is 2.33 bits per heavy atom. The highest BCUT2D eigenvalue weighted by atomic mass is 32.2. The highest BCUT2D eigenvalue weighted by Gasteiger charge is 2.26. The van der Waals surface area contributed by atoms with E-state index in [0.29, 0.717) is 34.8 Å². The number of anilines is 1. The van der Waals surface area contributed by atoms with E-state index in [4.69, 9.17) is 4.74 Å². The predicted octanol–water partition coefficient (Wildman–Crippen LogP) is 5.29. The van der Waals surface area contributed by atoms with E-state index in [2.05, 4.69) is 34.7 Å². The lowest BCUT2D eigenvalue weighted by atomic mass is 10.0. The van der Waals surface area contributed by atoms with Crippen molar-refractivity contribution in [3.8, 4) is 5.75 Å². The van der Waals surface area contributed by atoms with Gasteiger partial charge in [0, 0.05) is 17.8 Å². The van der Waals surface area contributed by atoms with Gasteiger partial charge in [0.25, 0.3) is 5.91 Å². The molecular weight excluding hydrogens is 474 g/mol. The van der Waals surface area contributed by atoms with Crippen molar-refractivity contribution in [1.29, 1.82) is 0 Å². The van der Waals surface area contributed by atoms with E-state index in [-0.39, 0.29) is 29.5 Å². The summed E-state index contributed by atoms with van der Waals surface area (Å²) in [6.07, 6.45) is 0. The van der Waals surface area contributed by atoms with Gasteiger partial charge in [-0.2, -0.15) is 0 Å². The average molecular weight is 510 g/mol. The van der Waals surface area contributed by atoms with Gasteiger partial charge in [-0.15, -0.1) is 10.2 Å². The molecule has 1 heterocycles. The van der Waals surface area contributed by atoms with Crippen LogP contribution in [0.2, 0.25) is 0 Å². The van der Waals surface area contributed by atoms with Gasteiger partial charge in [-0.05, 0) is 54.7 Å². The summed E-state index contributed by atoms with van der Waals surface area (Å²) in [7, 11) is 1.59. The van der Waals surface area contributed by atoms with Crippen molar-refractivity contribution in [2.24, 2.45) is 5.92 Å². The first-order valence-electron chi connectivity index (χ1n) is 12.1. The third kappa shape index (κ3) is 6.66. The lowest BCUT2D eigenvalue weighted by molar-refractivity contribution is -0.113. The molecule has 0 aliphatic heterocycles. The van der Waals surface area contributed by atoms with Gasteiger partial charge in [-0.3, -0.25) is 9.59 Å². The van der Waals surface area contributed by atoms with Crippen molar-refractivity contribution in [2.75, 3.05) is 18.2 Å². The first kappa shape index (κ1) is 27.3. The van der Waals surface area contributed by atoms with Crippen LogP contribution < -0.4 is 15.4 Å². The minimum absolute atomic E-state index is 0.0791. The number of rotatable bonds is 11. The molecule has 0 radical (unpaired) electrons. The molecule has 0 aliphatic rings. The molecule has 0 saturated heterocycles. The number of amides is 2. The molecule has 2 amide bonds. The first-order valence-corrected chi connectivity index (χ1v) is 13.1. The van der Waals surface area contributed by atoms with Crippen LogP contribution in [0.1, 0.15) is 68.3 Å². The molecule has 0 spiro atoms. The van der Waals surface area contributed by atoms with Crippen molar-refractivity contribution >= 4 is 29.3 Å². The van der Waals surface area contributed by atoms with Gasteiger partial charge in [0.1, 0.15) is 5.75 Å². The number of para-hydroxylation sites is 1. The second-order valence-corrected chi connectivity index (χ2v) is 10.0. The lowest BCUT2D eigenvalue weighted by Gasteiger charge is -2.22. The molecule has 0 unspecified atom stereocenters. The number of thioether (sulfide) groups is 1. The van der Waals surface area contributed by atoms with E-state index in [9.17, 15) is 9.59 Å². The zero-order valence-corrected chi connectivity index (χ0v) is 22.6. The number of hydrogen-bond acceptors (Lipinski definition) is 6. The van der Waals surface area contributed by atoms with Crippen molar-refractivity contribution in [3.05, 3.63) is 65.5 Å². The Labute approximate surface area is 217 Å². The fraction of sp³-hybridized carbons (Fsp3) is 0.407. The van der Waals surface area contributed by atoms with E-state index in [1.807, 2.05) is 49.6 Å². The first-order chi connectivity index (χ1) is 17.2. The van der Waals surface area contributed by atoms with Gasteiger partial charge in [0.15, 0.2) is 11.0 Å². The largest absolute Gasteiger partial charge is 0.497 e. The molecule has 192 valence electrons. The Kier molecular flexibility index (Phi) is 9.52. The molecule has 36 heavy (non-hydrogen) atoms. The number of hydrogen-bond donors (Lipinski definition) is 2. The summed E-state index contributed by atoms with van der Waals surface area (Å²) in [6.45, 7) is 10.9. The fourth-order valence-electron chi connectivity index (χ4n) is 3.86. The maximum Gasteiger partial charge on any atom is 0.251 e. The molecule has 3 aromatic rings. The van der Waals surface area contributed by atoms with Gasteiger partial charge in [-0.25, -0.2) is 0 Å². The van der Waals surface area contributed by atoms with Crippen LogP contribution in [-0.4, -0.2) is 39.4 Å². The summed E-state index contributed by atoms with van der Waals surface area (Å²) in [4.78, 5) is 25.6. The summed E-state index contributed by atoms with van der Waals surface area (Å²) in [5.74, 6) is 1.65. The van der Waals surface area contributed by atoms with Gasteiger partial charge in [0.05, 0.1) is 18.9 Å². The van der Waals surface area contributed by atoms with Crippen LogP contribution in [0.25, 0.3) is 0 Å². The summed E-state index contributed by atoms with van der Waals surface area (Å²) in [5, 5.41) is 15.5. The summed E-state index contributed by atoms with van der Waals surface area (Å²) >= 11 is 1.33. The maximum absolute atomic E-state index is 12.9. The average Bonchev–Trinajstić information content (AvgIpc) is 3.28. The molecule has 0 saturated carbocycles. The SMILES string of the molecule is CCn1c(SCC(=O)Nc2ccccc2C(C)C)nnc1[C@H](NC(=O)c1ccc(OC)cc1)C(C)C. The van der Waals surface area contributed by atoms with Gasteiger partial charge < -0.3 is 19.9 Å². The molecule has 8 nitrogen and oxygen atoms in total. The minimum atomic E-state index is -0.340. The standard InChI is InChI=1S/C27H35N5O3S/c1-7-32-25(24(18(4)5)29-26(34)19-12-14-20(35-6)15-13-19)30-31-27(32)36-16-23(33)28-22-11-9-8-10-21(22)17(2)3/h8-15,17-18,24H,7,16H2,1-6H3,(H,28,33)(H,29,34)/t24-/m1/s1. The van der Waals surface area contributed by atoms with Crippen LogP contribution in [0.15, 0.2) is 53.7 Å². The number of aromatic nitrogens is 3. The number of nitrogens with one attached hydrogen (secondary N) is 2. The molecule has 0 aliphatic carbocycles. The summed E-state index contributed by atoms with van der Waals surface area (Å²) in [5.41, 5.74) is 2.47. The monoisotopic (exact) mass is 509 g/mol. The van der Waals surface area contributed by atoms with E-state index < -0.39 is 0 Å². The molecule has 9 heteroatoms. The second-order valence-electron chi connectivity index (χ2n) is 9.09. The zero-order chi connectivity index (χ0) is 26.2. The Balaban J connectivity index is 1.71. The van der Waals surface area contributed by atoms with Crippen molar-refractivity contribution in [3.63, 3.8) is 0 Å². The number of methoxy groups -OCH3 is 1. The molecule has 1 aromatic heterocycles. The van der Waals surface area contributed by atoms with E-state index in [1.165, 1.54) is 11.8 Å². The maximum atomic E-state index is 12.9. The third-order valence-corrected chi connectivity index (χ3v) is 6.80. The number of ether oxygens (including phenoxy) is 1. The molecule has 1 atom stereocenters. The number of nitrogens with zero attached hydrogens (tertiary/aromatic N) is 3. The molecule has 2 N–H and O–H groups in total. The Morgan fingerprint density at radius 2 is 1.72 bits per heavy atom. The highest BCUT2D eigenvalue weighted by molar-refractivity contribution is 7.99. The summed E-state index contributed by atoms with van der Waals surface area (Å²) < 4.78 is 7.13. The Bertz CT molecular complexity index is 1170. The molecule has 0 bridgehead atoms. The van der Waals surface area contributed by atoms with Crippen molar-refractivity contribution in [1.82, 2.24) is 20.1 Å². The predicted molar refractivity (Wildman–Crippen MR) is 144 cm³/mol. The normalized spacial score (nSPS) is 12.0. The lowest BCUT2D eigenvalue weighted by Crippen LogP contribution is -2.33. The Hall–Kier alpha value is -3.33. The number of benzene rings is 2. The number of carbonyl (C=O) groups excluding carboxylic acids is 2. The molecule has 2 aromatic carbocycles. The van der Waals surface area contributed by atoms with E-state index >= 15 is 0 Å². The van der Waals surface area contributed by atoms with Gasteiger partial charge in [0.2, 0.25) is 5.91 Å². The van der Waals surface area contributed by atoms with Crippen LogP contribution in [0.4, 0.5) is 5.69 Å². The van der Waals surface area contributed by atoms with Crippen LogP contribution in [0.3, 0.4) is 0 Å². The van der Waals surface area contributed by atoms with Crippen LogP contribution in [0, 0.1) is 5.92 Å². The van der Waals surface area contributed by atoms with Crippen molar-refractivity contribution < 1.29 is 14.3 Å². The van der Waals surface area contributed by atoms with Gasteiger partial charge >= 0.3 is 0 Å². The van der Waals surface area contributed by atoms with E-state index in [0.717, 1.165) is 11.3 Å². The van der Waals surface area contributed by atoms with Gasteiger partial charge in [-0.1, -0.05) is 57.7 Å². The fourth-order valence-corrected chi connectivity index (χ4v) is 4.67. The van der Waals surface area contributed by atoms with Crippen LogP contribution in [0.5, 0.6) is 5.75 Å². The molecular formula is C27H35N5O3S. The van der Waals surface area contributed by atoms with Crippen LogP contribution in [-0.2, 0) is 11.3 Å².